The van der Waals surface area contributed by atoms with Crippen LogP contribution in [0.15, 0.2) is 0 Å². The Morgan fingerprint density at radius 2 is 2.05 bits per heavy atom. The quantitative estimate of drug-likeness (QED) is 0.658. The Hall–Kier alpha value is -1.56. The topological polar surface area (TPSA) is 104 Å². The van der Waals surface area contributed by atoms with Gasteiger partial charge in [-0.2, -0.15) is 5.10 Å². The van der Waals surface area contributed by atoms with Gasteiger partial charge >= 0.3 is 0 Å². The molecular formula is C13H22N4O2. The Morgan fingerprint density at radius 3 is 2.58 bits per heavy atom. The van der Waals surface area contributed by atoms with E-state index >= 15 is 0 Å². The highest BCUT2D eigenvalue weighted by molar-refractivity contribution is 5.97. The second-order valence-corrected chi connectivity index (χ2v) is 5.53. The number of carbonyl (C=O) groups is 1. The van der Waals surface area contributed by atoms with Crippen molar-refractivity contribution >= 4 is 11.6 Å². The molecule has 6 heteroatoms. The molecule has 1 amide bonds. The number of nitrogens with one attached hydrogen (secondary N) is 2. The predicted octanol–water partition coefficient (Wildman–Crippen LogP) is 1.15. The molecule has 1 aliphatic carbocycles. The fourth-order valence-corrected chi connectivity index (χ4v) is 2.45. The first kappa shape index (κ1) is 13.9. The molecule has 0 radical (unpaired) electrons. The first-order valence-corrected chi connectivity index (χ1v) is 6.81. The van der Waals surface area contributed by atoms with Crippen molar-refractivity contribution in [1.29, 1.82) is 0 Å². The summed E-state index contributed by atoms with van der Waals surface area (Å²) in [7, 11) is 0. The fourth-order valence-electron chi connectivity index (χ4n) is 2.45. The van der Waals surface area contributed by atoms with Crippen LogP contribution in [0.4, 0.5) is 5.69 Å². The van der Waals surface area contributed by atoms with Crippen molar-refractivity contribution in [3.05, 3.63) is 11.4 Å². The zero-order chi connectivity index (χ0) is 14.0. The molecule has 0 unspecified atom stereocenters. The number of rotatable bonds is 3. The zero-order valence-corrected chi connectivity index (χ0v) is 11.4. The van der Waals surface area contributed by atoms with Crippen LogP contribution in [0.3, 0.4) is 0 Å². The first-order valence-electron chi connectivity index (χ1n) is 6.81. The van der Waals surface area contributed by atoms with Crippen molar-refractivity contribution in [3.8, 4) is 0 Å². The molecule has 1 aromatic rings. The number of anilines is 1. The monoisotopic (exact) mass is 266 g/mol. The summed E-state index contributed by atoms with van der Waals surface area (Å²) in [6.07, 6.45) is 2.84. The minimum Gasteiger partial charge on any atom is -0.395 e. The molecule has 0 aromatic carbocycles. The molecule has 0 aliphatic heterocycles. The van der Waals surface area contributed by atoms with Crippen molar-refractivity contribution in [3.63, 3.8) is 0 Å². The molecule has 0 atom stereocenters. The van der Waals surface area contributed by atoms with Crippen LogP contribution in [0.25, 0.3) is 0 Å². The molecule has 1 aromatic heterocycles. The van der Waals surface area contributed by atoms with Crippen molar-refractivity contribution in [1.82, 2.24) is 15.5 Å². The van der Waals surface area contributed by atoms with Gasteiger partial charge in [0.1, 0.15) is 0 Å². The summed E-state index contributed by atoms with van der Waals surface area (Å²) in [5.74, 6) is -0.0269. The lowest BCUT2D eigenvalue weighted by atomic mass is 9.93. The molecule has 0 saturated heterocycles. The average Bonchev–Trinajstić information content (AvgIpc) is 2.74. The lowest BCUT2D eigenvalue weighted by molar-refractivity contribution is 0.0864. The third kappa shape index (κ3) is 3.07. The van der Waals surface area contributed by atoms with E-state index in [1.165, 1.54) is 0 Å². The SMILES string of the molecule is CC(C)c1[nH]nc(C(=O)NC2CCC(O)CC2)c1N. The second kappa shape index (κ2) is 5.61. The van der Waals surface area contributed by atoms with Gasteiger partial charge in [-0.15, -0.1) is 0 Å². The van der Waals surface area contributed by atoms with Gasteiger partial charge in [0.2, 0.25) is 0 Å². The lowest BCUT2D eigenvalue weighted by Gasteiger charge is -2.25. The molecule has 6 nitrogen and oxygen atoms in total. The normalized spacial score (nSPS) is 23.6. The van der Waals surface area contributed by atoms with Gasteiger partial charge in [-0.1, -0.05) is 13.8 Å². The van der Waals surface area contributed by atoms with E-state index in [9.17, 15) is 9.90 Å². The Morgan fingerprint density at radius 1 is 1.42 bits per heavy atom. The lowest BCUT2D eigenvalue weighted by Crippen LogP contribution is -2.39. The molecule has 1 saturated carbocycles. The number of nitrogens with zero attached hydrogens (tertiary/aromatic N) is 1. The van der Waals surface area contributed by atoms with Gasteiger partial charge < -0.3 is 16.2 Å². The molecule has 0 bridgehead atoms. The van der Waals surface area contributed by atoms with Crippen LogP contribution in [0.2, 0.25) is 0 Å². The average molecular weight is 266 g/mol. The number of hydrogen-bond acceptors (Lipinski definition) is 4. The standard InChI is InChI=1S/C13H22N4O2/c1-7(2)11-10(14)12(17-16-11)13(19)15-8-3-5-9(18)6-4-8/h7-9,18H,3-6,14H2,1-2H3,(H,15,19)(H,16,17). The predicted molar refractivity (Wildman–Crippen MR) is 72.8 cm³/mol. The van der Waals surface area contributed by atoms with Crippen LogP contribution in [0.1, 0.15) is 61.6 Å². The largest absolute Gasteiger partial charge is 0.395 e. The highest BCUT2D eigenvalue weighted by Gasteiger charge is 2.24. The third-order valence-corrected chi connectivity index (χ3v) is 3.66. The summed E-state index contributed by atoms with van der Waals surface area (Å²) >= 11 is 0. The molecule has 19 heavy (non-hydrogen) atoms. The summed E-state index contributed by atoms with van der Waals surface area (Å²) in [6, 6.07) is 0.106. The van der Waals surface area contributed by atoms with Gasteiger partial charge in [-0.3, -0.25) is 9.89 Å². The highest BCUT2D eigenvalue weighted by Crippen LogP contribution is 2.23. The molecule has 1 aliphatic rings. The molecule has 106 valence electrons. The van der Waals surface area contributed by atoms with Gasteiger partial charge in [0.05, 0.1) is 17.5 Å². The Labute approximate surface area is 112 Å². The van der Waals surface area contributed by atoms with Crippen LogP contribution in [-0.2, 0) is 0 Å². The van der Waals surface area contributed by atoms with Crippen molar-refractivity contribution < 1.29 is 9.90 Å². The number of H-pyrrole nitrogens is 1. The van der Waals surface area contributed by atoms with E-state index in [1.54, 1.807) is 0 Å². The summed E-state index contributed by atoms with van der Waals surface area (Å²) in [4.78, 5) is 12.1. The van der Waals surface area contributed by atoms with E-state index < -0.39 is 0 Å². The van der Waals surface area contributed by atoms with E-state index in [0.29, 0.717) is 5.69 Å². The number of nitrogen functional groups attached to an aromatic ring is 1. The third-order valence-electron chi connectivity index (χ3n) is 3.66. The molecule has 0 spiro atoms. The number of hydrogen-bond donors (Lipinski definition) is 4. The fraction of sp³-hybridized carbons (Fsp3) is 0.692. The number of carbonyl (C=O) groups excluding carboxylic acids is 1. The number of aliphatic hydroxyl groups is 1. The van der Waals surface area contributed by atoms with Crippen molar-refractivity contribution in [2.45, 2.75) is 57.6 Å². The smallest absolute Gasteiger partial charge is 0.274 e. The van der Waals surface area contributed by atoms with Crippen LogP contribution in [-0.4, -0.2) is 33.4 Å². The Balaban J connectivity index is 2.00. The number of aromatic amines is 1. The number of aromatic nitrogens is 2. The molecule has 1 fully saturated rings. The van der Waals surface area contributed by atoms with Gasteiger partial charge in [0.25, 0.3) is 5.91 Å². The maximum Gasteiger partial charge on any atom is 0.274 e. The Bertz CT molecular complexity index is 447. The maximum absolute atomic E-state index is 12.1. The van der Waals surface area contributed by atoms with Gasteiger partial charge in [0, 0.05) is 6.04 Å². The van der Waals surface area contributed by atoms with Gasteiger partial charge in [-0.25, -0.2) is 0 Å². The number of aliphatic hydroxyl groups excluding tert-OH is 1. The van der Waals surface area contributed by atoms with Crippen molar-refractivity contribution in [2.24, 2.45) is 0 Å². The van der Waals surface area contributed by atoms with E-state index in [2.05, 4.69) is 15.5 Å². The molecular weight excluding hydrogens is 244 g/mol. The molecule has 2 rings (SSSR count). The van der Waals surface area contributed by atoms with Crippen LogP contribution in [0, 0.1) is 0 Å². The van der Waals surface area contributed by atoms with Crippen molar-refractivity contribution in [2.75, 3.05) is 5.73 Å². The first-order chi connectivity index (χ1) is 8.99. The van der Waals surface area contributed by atoms with Crippen LogP contribution < -0.4 is 11.1 Å². The minimum absolute atomic E-state index is 0.106. The minimum atomic E-state index is -0.234. The Kier molecular flexibility index (Phi) is 4.09. The van der Waals surface area contributed by atoms with E-state index in [0.717, 1.165) is 31.4 Å². The summed E-state index contributed by atoms with van der Waals surface area (Å²) in [5, 5.41) is 19.2. The van der Waals surface area contributed by atoms with E-state index in [4.69, 9.17) is 5.73 Å². The highest BCUT2D eigenvalue weighted by atomic mass is 16.3. The van der Waals surface area contributed by atoms with Crippen LogP contribution in [0.5, 0.6) is 0 Å². The zero-order valence-electron chi connectivity index (χ0n) is 11.4. The number of amides is 1. The molecule has 5 N–H and O–H groups in total. The maximum atomic E-state index is 12.1. The summed E-state index contributed by atoms with van der Waals surface area (Å²) in [6.45, 7) is 3.99. The summed E-state index contributed by atoms with van der Waals surface area (Å²) < 4.78 is 0. The number of nitrogens with two attached hydrogens (primary N) is 1. The van der Waals surface area contributed by atoms with Gasteiger partial charge in [-0.05, 0) is 31.6 Å². The summed E-state index contributed by atoms with van der Waals surface area (Å²) in [5.41, 5.74) is 7.44. The molecule has 1 heterocycles. The van der Waals surface area contributed by atoms with E-state index in [1.807, 2.05) is 13.8 Å². The van der Waals surface area contributed by atoms with Crippen LogP contribution >= 0.6 is 0 Å². The second-order valence-electron chi connectivity index (χ2n) is 5.53. The van der Waals surface area contributed by atoms with E-state index in [-0.39, 0.29) is 29.7 Å². The van der Waals surface area contributed by atoms with Gasteiger partial charge in [0.15, 0.2) is 5.69 Å².